The van der Waals surface area contributed by atoms with Gasteiger partial charge in [0.15, 0.2) is 11.6 Å². The molecule has 0 aliphatic heterocycles. The van der Waals surface area contributed by atoms with E-state index in [0.29, 0.717) is 17.6 Å². The first-order valence-electron chi connectivity index (χ1n) is 22.6. The van der Waals surface area contributed by atoms with Gasteiger partial charge in [-0.25, -0.2) is 4.98 Å². The highest BCUT2D eigenvalue weighted by Crippen LogP contribution is 2.62. The van der Waals surface area contributed by atoms with Crippen LogP contribution in [-0.4, -0.2) is 19.5 Å². The van der Waals surface area contributed by atoms with Crippen LogP contribution in [0.1, 0.15) is 22.3 Å². The molecule has 2 aromatic heterocycles. The maximum Gasteiger partial charge on any atom is 0.238 e. The van der Waals surface area contributed by atoms with Crippen molar-refractivity contribution in [2.45, 2.75) is 5.41 Å². The Morgan fingerprint density at radius 2 is 0.727 bits per heavy atom. The topological polar surface area (TPSA) is 43.6 Å². The first-order chi connectivity index (χ1) is 32.7. The Labute approximate surface area is 381 Å². The highest BCUT2D eigenvalue weighted by molar-refractivity contribution is 6.26. The molecule has 10 aromatic carbocycles. The standard InChI is InChI=1S/C62H38N4/c1-3-18-39(19-4-1)41-22-15-24-43(36-41)59-63-60(44-25-16-23-42(37-44)40-20-5-2-6-21-40)65-61(64-59)66-55-35-14-10-29-48(55)58-49-30-17-34-54-57(49)50(38-56(58)66)47-28-9-13-33-53(47)62(54)51-31-11-7-26-45(51)46-27-8-12-32-52(46)62/h1-38H. The molecule has 4 heteroatoms. The van der Waals surface area contributed by atoms with Gasteiger partial charge in [-0.15, -0.1) is 0 Å². The van der Waals surface area contributed by atoms with Gasteiger partial charge in [-0.3, -0.25) is 4.57 Å². The lowest BCUT2D eigenvalue weighted by molar-refractivity contribution is 0.773. The summed E-state index contributed by atoms with van der Waals surface area (Å²) in [4.78, 5) is 16.2. The quantitative estimate of drug-likeness (QED) is 0.173. The fourth-order valence-corrected chi connectivity index (χ4v) is 11.3. The van der Waals surface area contributed by atoms with E-state index in [9.17, 15) is 0 Å². The van der Waals surface area contributed by atoms with Crippen LogP contribution < -0.4 is 0 Å². The molecule has 14 rings (SSSR count). The predicted octanol–water partition coefficient (Wildman–Crippen LogP) is 15.1. The zero-order valence-corrected chi connectivity index (χ0v) is 35.7. The number of nitrogens with zero attached hydrogens (tertiary/aromatic N) is 4. The SMILES string of the molecule is c1ccc(-c2cccc(-c3nc(-c4cccc(-c5ccccc5)c4)nc(-n4c5ccccc5c5c6cccc7c6c(cc54)-c4ccccc4C74c5ccccc5-c5ccccc54)n3)c2)cc1. The molecule has 0 fully saturated rings. The summed E-state index contributed by atoms with van der Waals surface area (Å²) in [5.74, 6) is 1.79. The van der Waals surface area contributed by atoms with Gasteiger partial charge in [0, 0.05) is 21.9 Å². The second-order valence-electron chi connectivity index (χ2n) is 17.5. The van der Waals surface area contributed by atoms with E-state index in [2.05, 4.69) is 235 Å². The summed E-state index contributed by atoms with van der Waals surface area (Å²) in [5, 5.41) is 4.83. The average Bonchev–Trinajstić information content (AvgIpc) is 3.89. The summed E-state index contributed by atoms with van der Waals surface area (Å²) < 4.78 is 2.28. The molecule has 66 heavy (non-hydrogen) atoms. The maximum atomic E-state index is 5.45. The molecule has 2 heterocycles. The molecule has 0 radical (unpaired) electrons. The van der Waals surface area contributed by atoms with Crippen molar-refractivity contribution in [1.82, 2.24) is 19.5 Å². The number of para-hydroxylation sites is 1. The van der Waals surface area contributed by atoms with Crippen molar-refractivity contribution in [3.63, 3.8) is 0 Å². The third-order valence-corrected chi connectivity index (χ3v) is 14.1. The highest BCUT2D eigenvalue weighted by Gasteiger charge is 2.50. The Bertz CT molecular complexity index is 3790. The van der Waals surface area contributed by atoms with Gasteiger partial charge < -0.3 is 0 Å². The van der Waals surface area contributed by atoms with E-state index < -0.39 is 5.41 Å². The zero-order chi connectivity index (χ0) is 43.3. The first-order valence-corrected chi connectivity index (χ1v) is 22.6. The van der Waals surface area contributed by atoms with Crippen LogP contribution in [0.25, 0.3) is 106 Å². The second-order valence-corrected chi connectivity index (χ2v) is 17.5. The number of hydrogen-bond donors (Lipinski definition) is 0. The third-order valence-electron chi connectivity index (χ3n) is 14.1. The monoisotopic (exact) mass is 838 g/mol. The summed E-state index contributed by atoms with van der Waals surface area (Å²) in [6, 6.07) is 83.3. The summed E-state index contributed by atoms with van der Waals surface area (Å²) in [5.41, 5.74) is 18.2. The smallest absolute Gasteiger partial charge is 0.238 e. The van der Waals surface area contributed by atoms with E-state index in [1.165, 1.54) is 60.7 Å². The number of aromatic nitrogens is 4. The van der Waals surface area contributed by atoms with Crippen LogP contribution in [0.15, 0.2) is 231 Å². The van der Waals surface area contributed by atoms with E-state index in [4.69, 9.17) is 15.0 Å². The first kappa shape index (κ1) is 36.7. The van der Waals surface area contributed by atoms with Gasteiger partial charge >= 0.3 is 0 Å². The minimum atomic E-state index is -0.483. The predicted molar refractivity (Wildman–Crippen MR) is 270 cm³/mol. The molecule has 0 saturated carbocycles. The fraction of sp³-hybridized carbons (Fsp3) is 0.0161. The van der Waals surface area contributed by atoms with E-state index in [-0.39, 0.29) is 0 Å². The van der Waals surface area contributed by atoms with Gasteiger partial charge in [0.05, 0.1) is 16.4 Å². The molecule has 4 nitrogen and oxygen atoms in total. The van der Waals surface area contributed by atoms with Crippen molar-refractivity contribution in [3.8, 4) is 73.2 Å². The number of benzene rings is 10. The normalized spacial score (nSPS) is 13.0. The number of fused-ring (bicyclic) bond motifs is 13. The van der Waals surface area contributed by atoms with Crippen molar-refractivity contribution in [3.05, 3.63) is 253 Å². The average molecular weight is 839 g/mol. The van der Waals surface area contributed by atoms with Crippen molar-refractivity contribution in [2.75, 3.05) is 0 Å². The van der Waals surface area contributed by atoms with Crippen LogP contribution in [0.5, 0.6) is 0 Å². The van der Waals surface area contributed by atoms with Gasteiger partial charge in [-0.1, -0.05) is 206 Å². The van der Waals surface area contributed by atoms with Gasteiger partial charge in [0.1, 0.15) is 0 Å². The lowest BCUT2D eigenvalue weighted by atomic mass is 9.61. The van der Waals surface area contributed by atoms with Gasteiger partial charge in [-0.05, 0) is 102 Å². The minimum absolute atomic E-state index is 0.483. The van der Waals surface area contributed by atoms with E-state index in [1.54, 1.807) is 0 Å². The summed E-state index contributed by atoms with van der Waals surface area (Å²) in [6.07, 6.45) is 0. The van der Waals surface area contributed by atoms with Crippen molar-refractivity contribution in [1.29, 1.82) is 0 Å². The molecule has 0 atom stereocenters. The van der Waals surface area contributed by atoms with Crippen LogP contribution in [0.4, 0.5) is 0 Å². The summed E-state index contributed by atoms with van der Waals surface area (Å²) in [7, 11) is 0. The summed E-state index contributed by atoms with van der Waals surface area (Å²) in [6.45, 7) is 0. The number of rotatable bonds is 5. The molecule has 2 aliphatic carbocycles. The molecule has 0 unspecified atom stereocenters. The van der Waals surface area contributed by atoms with Crippen LogP contribution in [-0.2, 0) is 5.41 Å². The van der Waals surface area contributed by atoms with Gasteiger partial charge in [0.25, 0.3) is 0 Å². The molecule has 0 N–H and O–H groups in total. The highest BCUT2D eigenvalue weighted by atomic mass is 15.2. The molecular weight excluding hydrogens is 801 g/mol. The minimum Gasteiger partial charge on any atom is -0.278 e. The lowest BCUT2D eigenvalue weighted by Gasteiger charge is -2.40. The Morgan fingerprint density at radius 3 is 1.32 bits per heavy atom. The van der Waals surface area contributed by atoms with E-state index in [1.807, 2.05) is 0 Å². The largest absolute Gasteiger partial charge is 0.278 e. The van der Waals surface area contributed by atoms with Crippen LogP contribution in [0, 0.1) is 0 Å². The maximum absolute atomic E-state index is 5.45. The molecule has 2 aliphatic rings. The van der Waals surface area contributed by atoms with Crippen molar-refractivity contribution < 1.29 is 0 Å². The van der Waals surface area contributed by atoms with Crippen LogP contribution >= 0.6 is 0 Å². The van der Waals surface area contributed by atoms with Crippen LogP contribution in [0.3, 0.4) is 0 Å². The van der Waals surface area contributed by atoms with Crippen LogP contribution in [0.2, 0.25) is 0 Å². The number of hydrogen-bond acceptors (Lipinski definition) is 3. The van der Waals surface area contributed by atoms with Gasteiger partial charge in [-0.2, -0.15) is 9.97 Å². The van der Waals surface area contributed by atoms with E-state index >= 15 is 0 Å². The molecule has 1 spiro atoms. The van der Waals surface area contributed by atoms with Crippen molar-refractivity contribution >= 4 is 32.6 Å². The zero-order valence-electron chi connectivity index (χ0n) is 35.7. The van der Waals surface area contributed by atoms with E-state index in [0.717, 1.165) is 49.8 Å². The molecule has 12 aromatic rings. The molecule has 0 bridgehead atoms. The fourth-order valence-electron chi connectivity index (χ4n) is 11.3. The molecule has 0 amide bonds. The second kappa shape index (κ2) is 14.1. The Balaban J connectivity index is 1.07. The summed E-state index contributed by atoms with van der Waals surface area (Å²) >= 11 is 0. The van der Waals surface area contributed by atoms with Crippen molar-refractivity contribution in [2.24, 2.45) is 0 Å². The lowest BCUT2D eigenvalue weighted by Crippen LogP contribution is -2.31. The Morgan fingerprint density at radius 1 is 0.288 bits per heavy atom. The third kappa shape index (κ3) is 5.18. The molecule has 306 valence electrons. The van der Waals surface area contributed by atoms with Gasteiger partial charge in [0.2, 0.25) is 5.95 Å². The molecular formula is C62H38N4. The Kier molecular flexibility index (Phi) is 7.87. The Hall–Kier alpha value is -8.73. The molecule has 0 saturated heterocycles.